The average Bonchev–Trinajstić information content (AvgIpc) is 2.94. The Balaban J connectivity index is 2.49. The molecule has 8 nitrogen and oxygen atoms in total. The number of hydrogen-bond donors (Lipinski definition) is 5. The fraction of sp³-hybridized carbons (Fsp3) is 0.538. The molecule has 0 atom stereocenters. The van der Waals surface area contributed by atoms with Crippen molar-refractivity contribution in [1.82, 2.24) is 9.24 Å². The van der Waals surface area contributed by atoms with Crippen LogP contribution in [0.15, 0.2) is 12.1 Å². The van der Waals surface area contributed by atoms with E-state index in [9.17, 15) is 10.2 Å². The summed E-state index contributed by atoms with van der Waals surface area (Å²) in [6, 6.07) is 3.79. The number of aryl methyl sites for hydroxylation is 1. The first kappa shape index (κ1) is 15.5. The fourth-order valence-corrected chi connectivity index (χ4v) is 2.42. The van der Waals surface area contributed by atoms with E-state index in [1.807, 2.05) is 33.3 Å². The van der Waals surface area contributed by atoms with E-state index in [4.69, 9.17) is 10.8 Å². The Morgan fingerprint density at radius 2 is 1.76 bits per heavy atom. The van der Waals surface area contributed by atoms with Gasteiger partial charge in [-0.15, -0.1) is 0 Å². The number of fused-ring (bicyclic) bond motifs is 1. The highest BCUT2D eigenvalue weighted by Gasteiger charge is 2.18. The second-order valence-electron chi connectivity index (χ2n) is 4.80. The normalized spacial score (nSPS) is 11.2. The Bertz CT molecular complexity index is 586. The number of aliphatic hydroxyl groups is 3. The second-order valence-corrected chi connectivity index (χ2v) is 4.80. The molecule has 0 saturated carbocycles. The van der Waals surface area contributed by atoms with Crippen LogP contribution in [0.3, 0.4) is 0 Å². The Kier molecular flexibility index (Phi) is 4.94. The van der Waals surface area contributed by atoms with E-state index in [0.29, 0.717) is 25.5 Å². The average molecular weight is 297 g/mol. The maximum atomic E-state index is 9.20. The summed E-state index contributed by atoms with van der Waals surface area (Å²) < 4.78 is 3.69. The molecule has 118 valence electrons. The van der Waals surface area contributed by atoms with Crippen LogP contribution in [0.1, 0.15) is 0 Å². The van der Waals surface area contributed by atoms with E-state index in [1.165, 1.54) is 0 Å². The van der Waals surface area contributed by atoms with Gasteiger partial charge in [-0.1, -0.05) is 0 Å². The molecule has 2 heterocycles. The van der Waals surface area contributed by atoms with Crippen LogP contribution < -0.4 is 16.1 Å². The zero-order valence-electron chi connectivity index (χ0n) is 12.2. The van der Waals surface area contributed by atoms with Crippen molar-refractivity contribution in [2.24, 2.45) is 7.05 Å². The Morgan fingerprint density at radius 3 is 2.33 bits per heavy atom. The van der Waals surface area contributed by atoms with E-state index in [1.54, 1.807) is 0 Å². The maximum Gasteiger partial charge on any atom is 0.130 e. The summed E-state index contributed by atoms with van der Waals surface area (Å²) in [7, 11) is 1.88. The molecule has 0 unspecified atom stereocenters. The third-order valence-electron chi connectivity index (χ3n) is 3.48. The van der Waals surface area contributed by atoms with E-state index in [0.717, 1.165) is 16.9 Å². The third kappa shape index (κ3) is 2.92. The van der Waals surface area contributed by atoms with Gasteiger partial charge >= 0.3 is 0 Å². The first-order valence-corrected chi connectivity index (χ1v) is 6.92. The van der Waals surface area contributed by atoms with Crippen LogP contribution in [-0.4, -0.2) is 64.0 Å². The lowest BCUT2D eigenvalue weighted by Gasteiger charge is -2.25. The van der Waals surface area contributed by atoms with Crippen LogP contribution in [0, 0.1) is 0 Å². The minimum Gasteiger partial charge on any atom is -0.395 e. The molecule has 0 saturated heterocycles. The van der Waals surface area contributed by atoms with Gasteiger partial charge < -0.3 is 35.9 Å². The van der Waals surface area contributed by atoms with Gasteiger partial charge in [-0.25, -0.2) is 4.68 Å². The standard InChI is InChI=1S/C13H23N5O3/c1-16-10-9-13(17(3-6-20)4-7-21)18(15-2-5-19)11(10)8-12(16)14/h8-9,15,19-21H,2-7,14H2,1H3. The van der Waals surface area contributed by atoms with Gasteiger partial charge in [-0.05, 0) is 0 Å². The van der Waals surface area contributed by atoms with Crippen molar-refractivity contribution < 1.29 is 15.3 Å². The predicted molar refractivity (Wildman–Crippen MR) is 83.0 cm³/mol. The number of nitrogens with one attached hydrogen (secondary N) is 1. The fourth-order valence-electron chi connectivity index (χ4n) is 2.42. The molecule has 2 aromatic heterocycles. The van der Waals surface area contributed by atoms with Crippen molar-refractivity contribution in [2.45, 2.75) is 0 Å². The molecule has 0 radical (unpaired) electrons. The van der Waals surface area contributed by atoms with Crippen LogP contribution >= 0.6 is 0 Å². The molecule has 0 aliphatic rings. The van der Waals surface area contributed by atoms with Crippen LogP contribution in [0.5, 0.6) is 0 Å². The number of anilines is 2. The van der Waals surface area contributed by atoms with E-state index < -0.39 is 0 Å². The Hall–Kier alpha value is -1.90. The van der Waals surface area contributed by atoms with E-state index >= 15 is 0 Å². The summed E-state index contributed by atoms with van der Waals surface area (Å²) >= 11 is 0. The minimum atomic E-state index is -0.0103. The lowest BCUT2D eigenvalue weighted by Crippen LogP contribution is -2.33. The lowest BCUT2D eigenvalue weighted by molar-refractivity contribution is 0.280. The van der Waals surface area contributed by atoms with E-state index in [2.05, 4.69) is 5.43 Å². The molecular weight excluding hydrogens is 274 g/mol. The van der Waals surface area contributed by atoms with Crippen LogP contribution in [0.2, 0.25) is 0 Å². The molecule has 21 heavy (non-hydrogen) atoms. The van der Waals surface area contributed by atoms with Crippen LogP contribution in [-0.2, 0) is 7.05 Å². The number of aromatic nitrogens is 2. The van der Waals surface area contributed by atoms with E-state index in [-0.39, 0.29) is 19.8 Å². The van der Waals surface area contributed by atoms with Crippen molar-refractivity contribution in [3.63, 3.8) is 0 Å². The number of nitrogens with two attached hydrogens (primary N) is 1. The van der Waals surface area contributed by atoms with Gasteiger partial charge in [0, 0.05) is 32.3 Å². The zero-order valence-corrected chi connectivity index (χ0v) is 12.2. The van der Waals surface area contributed by atoms with Gasteiger partial charge in [-0.3, -0.25) is 0 Å². The molecule has 8 heteroatoms. The van der Waals surface area contributed by atoms with Crippen molar-refractivity contribution in [2.75, 3.05) is 55.5 Å². The highest BCUT2D eigenvalue weighted by Crippen LogP contribution is 2.28. The number of nitrogen functional groups attached to an aromatic ring is 1. The van der Waals surface area contributed by atoms with Crippen molar-refractivity contribution in [1.29, 1.82) is 0 Å². The first-order valence-electron chi connectivity index (χ1n) is 6.92. The number of hydrogen-bond acceptors (Lipinski definition) is 6. The molecular formula is C13H23N5O3. The topological polar surface area (TPSA) is 112 Å². The van der Waals surface area contributed by atoms with Crippen molar-refractivity contribution in [3.05, 3.63) is 12.1 Å². The largest absolute Gasteiger partial charge is 0.395 e. The molecule has 0 amide bonds. The SMILES string of the molecule is Cn1c(N)cc2c1cc(N(CCO)CCO)n2NCCO. The number of nitrogens with zero attached hydrogens (tertiary/aromatic N) is 3. The first-order chi connectivity index (χ1) is 10.1. The minimum absolute atomic E-state index is 0.00142. The quantitative estimate of drug-likeness (QED) is 0.422. The predicted octanol–water partition coefficient (Wildman–Crippen LogP) is -1.11. The summed E-state index contributed by atoms with van der Waals surface area (Å²) in [6.07, 6.45) is 0. The molecule has 0 aliphatic heterocycles. The molecule has 0 bridgehead atoms. The summed E-state index contributed by atoms with van der Waals surface area (Å²) in [5.74, 6) is 1.45. The highest BCUT2D eigenvalue weighted by atomic mass is 16.3. The molecule has 2 rings (SSSR count). The molecule has 0 spiro atoms. The van der Waals surface area contributed by atoms with Gasteiger partial charge in [0.1, 0.15) is 11.6 Å². The summed E-state index contributed by atoms with van der Waals surface area (Å²) in [4.78, 5) is 1.88. The highest BCUT2D eigenvalue weighted by molar-refractivity contribution is 5.87. The monoisotopic (exact) mass is 297 g/mol. The second kappa shape index (κ2) is 6.70. The molecule has 0 fully saturated rings. The van der Waals surface area contributed by atoms with Crippen LogP contribution in [0.4, 0.5) is 11.6 Å². The van der Waals surface area contributed by atoms with Gasteiger partial charge in [0.15, 0.2) is 0 Å². The Morgan fingerprint density at radius 1 is 1.10 bits per heavy atom. The zero-order chi connectivity index (χ0) is 15.4. The molecule has 2 aromatic rings. The van der Waals surface area contributed by atoms with Gasteiger partial charge in [0.2, 0.25) is 0 Å². The van der Waals surface area contributed by atoms with Gasteiger partial charge in [0.25, 0.3) is 0 Å². The van der Waals surface area contributed by atoms with Crippen molar-refractivity contribution in [3.8, 4) is 0 Å². The summed E-state index contributed by atoms with van der Waals surface area (Å²) in [6.45, 7) is 1.19. The Labute approximate surface area is 123 Å². The number of aliphatic hydroxyl groups excluding tert-OH is 3. The summed E-state index contributed by atoms with van der Waals surface area (Å²) in [5.41, 5.74) is 10.9. The number of rotatable bonds is 8. The summed E-state index contributed by atoms with van der Waals surface area (Å²) in [5, 5.41) is 27.4. The third-order valence-corrected chi connectivity index (χ3v) is 3.48. The lowest BCUT2D eigenvalue weighted by atomic mass is 10.4. The molecule has 0 aliphatic carbocycles. The maximum absolute atomic E-state index is 9.20. The van der Waals surface area contributed by atoms with Gasteiger partial charge in [-0.2, -0.15) is 0 Å². The van der Waals surface area contributed by atoms with Crippen LogP contribution in [0.25, 0.3) is 11.0 Å². The molecule has 6 N–H and O–H groups in total. The molecule has 0 aromatic carbocycles. The van der Waals surface area contributed by atoms with Gasteiger partial charge in [0.05, 0.1) is 37.4 Å². The smallest absolute Gasteiger partial charge is 0.130 e. The van der Waals surface area contributed by atoms with Crippen molar-refractivity contribution >= 4 is 22.7 Å².